The average molecular weight is 323 g/mol. The molecule has 6 heteroatoms. The molecule has 0 spiro atoms. The maximum absolute atomic E-state index is 11.8. The van der Waals surface area contributed by atoms with Crippen LogP contribution in [0.2, 0.25) is 0 Å². The van der Waals surface area contributed by atoms with Gasteiger partial charge in [0.2, 0.25) is 5.91 Å². The number of anilines is 1. The van der Waals surface area contributed by atoms with Gasteiger partial charge < -0.3 is 15.2 Å². The van der Waals surface area contributed by atoms with E-state index >= 15 is 0 Å². The molecule has 0 bridgehead atoms. The maximum atomic E-state index is 11.8. The van der Waals surface area contributed by atoms with Gasteiger partial charge in [0, 0.05) is 17.2 Å². The number of carboxylic acid groups (broad SMARTS) is 1. The summed E-state index contributed by atoms with van der Waals surface area (Å²) in [5, 5.41) is 11.4. The van der Waals surface area contributed by atoms with E-state index in [1.165, 1.54) is 12.8 Å². The summed E-state index contributed by atoms with van der Waals surface area (Å²) in [5.41, 5.74) is 1.81. The van der Waals surface area contributed by atoms with Gasteiger partial charge in [-0.3, -0.25) is 9.59 Å². The molecule has 0 unspecified atom stereocenters. The molecule has 5 nitrogen and oxygen atoms in total. The number of rotatable bonds is 10. The maximum Gasteiger partial charge on any atom is 0.304 e. The predicted molar refractivity (Wildman–Crippen MR) is 87.0 cm³/mol. The van der Waals surface area contributed by atoms with Crippen molar-refractivity contribution in [1.82, 2.24) is 0 Å². The van der Waals surface area contributed by atoms with Crippen LogP contribution in [-0.4, -0.2) is 35.9 Å². The number of thioether (sulfide) groups is 1. The second kappa shape index (κ2) is 8.80. The average Bonchev–Trinajstić information content (AvgIpc) is 3.28. The number of ether oxygens (including phenoxy) is 1. The fourth-order valence-electron chi connectivity index (χ4n) is 1.89. The van der Waals surface area contributed by atoms with Crippen LogP contribution in [0.15, 0.2) is 24.3 Å². The third kappa shape index (κ3) is 6.95. The van der Waals surface area contributed by atoms with E-state index in [-0.39, 0.29) is 18.9 Å². The molecule has 0 radical (unpaired) electrons. The highest BCUT2D eigenvalue weighted by Crippen LogP contribution is 2.28. The number of aliphatic carboxylic acids is 1. The zero-order valence-electron chi connectivity index (χ0n) is 12.4. The fourth-order valence-corrected chi connectivity index (χ4v) is 2.77. The second-order valence-corrected chi connectivity index (χ2v) is 6.51. The predicted octanol–water partition coefficient (Wildman–Crippen LogP) is 2.76. The van der Waals surface area contributed by atoms with Crippen LogP contribution in [0.3, 0.4) is 0 Å². The summed E-state index contributed by atoms with van der Waals surface area (Å²) in [6, 6.07) is 7.59. The molecule has 0 aliphatic heterocycles. The van der Waals surface area contributed by atoms with Gasteiger partial charge in [-0.05, 0) is 36.5 Å². The van der Waals surface area contributed by atoms with E-state index < -0.39 is 5.97 Å². The SMILES string of the molecule is O=C(O)CCSCc1cccc(NC(=O)COCC2CC2)c1. The number of carbonyl (C=O) groups excluding carboxylic acids is 1. The van der Waals surface area contributed by atoms with Gasteiger partial charge in [-0.15, -0.1) is 0 Å². The first-order valence-corrected chi connectivity index (χ1v) is 8.55. The molecule has 22 heavy (non-hydrogen) atoms. The Hall–Kier alpha value is -1.53. The standard InChI is InChI=1S/C16H21NO4S/c18-15(10-21-9-12-4-5-12)17-14-3-1-2-13(8-14)11-22-7-6-16(19)20/h1-3,8,12H,4-7,9-11H2,(H,17,18)(H,19,20). The normalized spacial score (nSPS) is 13.8. The van der Waals surface area contributed by atoms with Gasteiger partial charge in [0.25, 0.3) is 0 Å². The summed E-state index contributed by atoms with van der Waals surface area (Å²) in [6.07, 6.45) is 2.59. The number of hydrogen-bond donors (Lipinski definition) is 2. The molecule has 1 amide bonds. The van der Waals surface area contributed by atoms with Crippen molar-refractivity contribution in [1.29, 1.82) is 0 Å². The molecule has 0 aromatic heterocycles. The van der Waals surface area contributed by atoms with Crippen LogP contribution in [0.4, 0.5) is 5.69 Å². The molecule has 2 rings (SSSR count). The number of benzene rings is 1. The summed E-state index contributed by atoms with van der Waals surface area (Å²) in [4.78, 5) is 22.2. The van der Waals surface area contributed by atoms with Gasteiger partial charge in [-0.1, -0.05) is 12.1 Å². The van der Waals surface area contributed by atoms with Gasteiger partial charge in [0.15, 0.2) is 0 Å². The molecule has 0 saturated heterocycles. The molecule has 1 aliphatic rings. The van der Waals surface area contributed by atoms with Crippen LogP contribution >= 0.6 is 11.8 Å². The Balaban J connectivity index is 1.69. The Morgan fingerprint density at radius 1 is 1.36 bits per heavy atom. The topological polar surface area (TPSA) is 75.6 Å². The number of nitrogens with one attached hydrogen (secondary N) is 1. The van der Waals surface area contributed by atoms with Gasteiger partial charge in [-0.2, -0.15) is 11.8 Å². The molecular formula is C16H21NO4S. The van der Waals surface area contributed by atoms with E-state index in [2.05, 4.69) is 5.32 Å². The van der Waals surface area contributed by atoms with Crippen molar-refractivity contribution in [2.45, 2.75) is 25.0 Å². The Kier molecular flexibility index (Phi) is 6.74. The highest BCUT2D eigenvalue weighted by Gasteiger charge is 2.21. The lowest BCUT2D eigenvalue weighted by Crippen LogP contribution is -2.19. The largest absolute Gasteiger partial charge is 0.481 e. The summed E-state index contributed by atoms with van der Waals surface area (Å²) in [6.45, 7) is 0.766. The summed E-state index contributed by atoms with van der Waals surface area (Å²) >= 11 is 1.57. The van der Waals surface area contributed by atoms with E-state index in [9.17, 15) is 9.59 Å². The van der Waals surface area contributed by atoms with Crippen LogP contribution < -0.4 is 5.32 Å². The third-order valence-electron chi connectivity index (χ3n) is 3.22. The van der Waals surface area contributed by atoms with Crippen LogP contribution in [0.5, 0.6) is 0 Å². The molecule has 1 aromatic rings. The van der Waals surface area contributed by atoms with Gasteiger partial charge >= 0.3 is 5.97 Å². The van der Waals surface area contributed by atoms with Crippen LogP contribution in [0, 0.1) is 5.92 Å². The van der Waals surface area contributed by atoms with Crippen LogP contribution in [-0.2, 0) is 20.1 Å². The van der Waals surface area contributed by atoms with Gasteiger partial charge in [-0.25, -0.2) is 0 Å². The lowest BCUT2D eigenvalue weighted by Gasteiger charge is -2.08. The number of amides is 1. The Labute approximate surface area is 134 Å². The Morgan fingerprint density at radius 2 is 2.18 bits per heavy atom. The van der Waals surface area contributed by atoms with Crippen LogP contribution in [0.25, 0.3) is 0 Å². The Bertz CT molecular complexity index is 517. The van der Waals surface area contributed by atoms with Crippen molar-refractivity contribution in [3.8, 4) is 0 Å². The van der Waals surface area contributed by atoms with Crippen molar-refractivity contribution in [2.24, 2.45) is 5.92 Å². The molecule has 1 aromatic carbocycles. The lowest BCUT2D eigenvalue weighted by atomic mass is 10.2. The highest BCUT2D eigenvalue weighted by atomic mass is 32.2. The first-order valence-electron chi connectivity index (χ1n) is 7.39. The van der Waals surface area contributed by atoms with Crippen molar-refractivity contribution in [2.75, 3.05) is 24.3 Å². The first kappa shape index (κ1) is 16.8. The highest BCUT2D eigenvalue weighted by molar-refractivity contribution is 7.98. The first-order chi connectivity index (χ1) is 10.6. The van der Waals surface area contributed by atoms with E-state index in [0.29, 0.717) is 18.3 Å². The molecule has 1 aliphatic carbocycles. The Morgan fingerprint density at radius 3 is 2.91 bits per heavy atom. The second-order valence-electron chi connectivity index (χ2n) is 5.40. The van der Waals surface area contributed by atoms with E-state index in [4.69, 9.17) is 9.84 Å². The molecule has 2 N–H and O–H groups in total. The van der Waals surface area contributed by atoms with Crippen molar-refractivity contribution >= 4 is 29.3 Å². The van der Waals surface area contributed by atoms with Crippen LogP contribution in [0.1, 0.15) is 24.8 Å². The number of hydrogen-bond acceptors (Lipinski definition) is 4. The molecule has 0 heterocycles. The van der Waals surface area contributed by atoms with Crippen molar-refractivity contribution < 1.29 is 19.4 Å². The fraction of sp³-hybridized carbons (Fsp3) is 0.500. The van der Waals surface area contributed by atoms with Crippen molar-refractivity contribution in [3.63, 3.8) is 0 Å². The molecule has 1 saturated carbocycles. The van der Waals surface area contributed by atoms with Crippen molar-refractivity contribution in [3.05, 3.63) is 29.8 Å². The summed E-state index contributed by atoms with van der Waals surface area (Å²) in [5.74, 6) is 1.05. The zero-order chi connectivity index (χ0) is 15.8. The quantitative estimate of drug-likeness (QED) is 0.648. The minimum Gasteiger partial charge on any atom is -0.481 e. The summed E-state index contributed by atoms with van der Waals surface area (Å²) in [7, 11) is 0. The summed E-state index contributed by atoms with van der Waals surface area (Å²) < 4.78 is 5.35. The van der Waals surface area contributed by atoms with Gasteiger partial charge in [0.1, 0.15) is 6.61 Å². The lowest BCUT2D eigenvalue weighted by molar-refractivity contribution is -0.136. The minimum absolute atomic E-state index is 0.0914. The molecule has 1 fully saturated rings. The van der Waals surface area contributed by atoms with E-state index in [0.717, 1.165) is 17.0 Å². The number of carbonyl (C=O) groups is 2. The zero-order valence-corrected chi connectivity index (χ0v) is 13.2. The molecule has 0 atom stereocenters. The van der Waals surface area contributed by atoms with E-state index in [1.807, 2.05) is 24.3 Å². The smallest absolute Gasteiger partial charge is 0.304 e. The monoisotopic (exact) mass is 323 g/mol. The number of carboxylic acids is 1. The molecule has 120 valence electrons. The third-order valence-corrected chi connectivity index (χ3v) is 4.25. The van der Waals surface area contributed by atoms with Gasteiger partial charge in [0.05, 0.1) is 13.0 Å². The van der Waals surface area contributed by atoms with E-state index in [1.54, 1.807) is 11.8 Å². The minimum atomic E-state index is -0.778. The molecular weight excluding hydrogens is 302 g/mol.